The van der Waals surface area contributed by atoms with Crippen molar-refractivity contribution in [3.63, 3.8) is 0 Å². The standard InChI is InChI=1S/C10H17NO3/c1-3-4-9(12)11-7-8(2)5-6-10(13)14/h3,8H,1,4-7H2,2H3,(H,11,12)(H,13,14). The van der Waals surface area contributed by atoms with Crippen molar-refractivity contribution in [3.05, 3.63) is 12.7 Å². The van der Waals surface area contributed by atoms with Crippen molar-refractivity contribution < 1.29 is 14.7 Å². The van der Waals surface area contributed by atoms with Crippen LogP contribution in [0, 0.1) is 5.92 Å². The third-order valence-corrected chi connectivity index (χ3v) is 1.83. The second-order valence-electron chi connectivity index (χ2n) is 3.33. The Balaban J connectivity index is 3.52. The molecule has 0 saturated carbocycles. The molecule has 0 aromatic heterocycles. The average Bonchev–Trinajstić information content (AvgIpc) is 2.12. The van der Waals surface area contributed by atoms with E-state index in [0.717, 1.165) is 0 Å². The fraction of sp³-hybridized carbons (Fsp3) is 0.600. The van der Waals surface area contributed by atoms with E-state index in [1.165, 1.54) is 6.08 Å². The molecular weight excluding hydrogens is 182 g/mol. The Morgan fingerprint density at radius 2 is 2.21 bits per heavy atom. The molecule has 1 unspecified atom stereocenters. The van der Waals surface area contributed by atoms with Crippen LogP contribution in [0.2, 0.25) is 0 Å². The second-order valence-corrected chi connectivity index (χ2v) is 3.33. The van der Waals surface area contributed by atoms with Crippen LogP contribution in [0.5, 0.6) is 0 Å². The fourth-order valence-electron chi connectivity index (χ4n) is 0.963. The van der Waals surface area contributed by atoms with Gasteiger partial charge in [0, 0.05) is 19.4 Å². The van der Waals surface area contributed by atoms with E-state index in [2.05, 4.69) is 11.9 Å². The van der Waals surface area contributed by atoms with Crippen molar-refractivity contribution in [1.82, 2.24) is 5.32 Å². The highest BCUT2D eigenvalue weighted by Crippen LogP contribution is 2.03. The Morgan fingerprint density at radius 1 is 1.57 bits per heavy atom. The van der Waals surface area contributed by atoms with Crippen LogP contribution < -0.4 is 5.32 Å². The molecule has 0 spiro atoms. The van der Waals surface area contributed by atoms with Gasteiger partial charge in [-0.1, -0.05) is 13.0 Å². The van der Waals surface area contributed by atoms with E-state index in [-0.39, 0.29) is 18.2 Å². The predicted molar refractivity (Wildman–Crippen MR) is 53.9 cm³/mol. The SMILES string of the molecule is C=CCC(=O)NCC(C)CCC(=O)O. The molecule has 1 amide bonds. The lowest BCUT2D eigenvalue weighted by molar-refractivity contribution is -0.137. The number of hydrogen-bond acceptors (Lipinski definition) is 2. The van der Waals surface area contributed by atoms with Crippen LogP contribution in [-0.2, 0) is 9.59 Å². The van der Waals surface area contributed by atoms with Gasteiger partial charge in [0.25, 0.3) is 0 Å². The van der Waals surface area contributed by atoms with Crippen molar-refractivity contribution in [1.29, 1.82) is 0 Å². The molecule has 0 aliphatic heterocycles. The summed E-state index contributed by atoms with van der Waals surface area (Å²) in [6, 6.07) is 0. The summed E-state index contributed by atoms with van der Waals surface area (Å²) in [6.45, 7) is 5.89. The number of carboxylic acid groups (broad SMARTS) is 1. The molecule has 2 N–H and O–H groups in total. The maximum Gasteiger partial charge on any atom is 0.303 e. The molecule has 0 aromatic rings. The molecule has 0 bridgehead atoms. The van der Waals surface area contributed by atoms with Gasteiger partial charge in [0.2, 0.25) is 5.91 Å². The smallest absolute Gasteiger partial charge is 0.303 e. The van der Waals surface area contributed by atoms with Gasteiger partial charge in [-0.25, -0.2) is 0 Å². The largest absolute Gasteiger partial charge is 0.481 e. The molecular formula is C10H17NO3. The van der Waals surface area contributed by atoms with E-state index in [9.17, 15) is 9.59 Å². The van der Waals surface area contributed by atoms with Gasteiger partial charge < -0.3 is 10.4 Å². The lowest BCUT2D eigenvalue weighted by atomic mass is 10.1. The molecule has 0 aromatic carbocycles. The lowest BCUT2D eigenvalue weighted by Crippen LogP contribution is -2.27. The monoisotopic (exact) mass is 199 g/mol. The number of amides is 1. The molecule has 0 aliphatic rings. The summed E-state index contributed by atoms with van der Waals surface area (Å²) < 4.78 is 0. The van der Waals surface area contributed by atoms with Gasteiger partial charge in [-0.05, 0) is 12.3 Å². The summed E-state index contributed by atoms with van der Waals surface area (Å²) in [5, 5.41) is 11.1. The predicted octanol–water partition coefficient (Wildman–Crippen LogP) is 1.18. The van der Waals surface area contributed by atoms with Crippen molar-refractivity contribution in [2.24, 2.45) is 5.92 Å². The van der Waals surface area contributed by atoms with Crippen LogP contribution in [0.15, 0.2) is 12.7 Å². The van der Waals surface area contributed by atoms with E-state index < -0.39 is 5.97 Å². The molecule has 1 atom stereocenters. The average molecular weight is 199 g/mol. The molecule has 0 rings (SSSR count). The fourth-order valence-corrected chi connectivity index (χ4v) is 0.963. The molecule has 0 fully saturated rings. The van der Waals surface area contributed by atoms with Gasteiger partial charge in [-0.3, -0.25) is 9.59 Å². The van der Waals surface area contributed by atoms with Crippen LogP contribution in [0.3, 0.4) is 0 Å². The van der Waals surface area contributed by atoms with Crippen molar-refractivity contribution in [3.8, 4) is 0 Å². The number of nitrogens with one attached hydrogen (secondary N) is 1. The van der Waals surface area contributed by atoms with Gasteiger partial charge in [-0.2, -0.15) is 0 Å². The lowest BCUT2D eigenvalue weighted by Gasteiger charge is -2.10. The molecule has 14 heavy (non-hydrogen) atoms. The normalized spacial score (nSPS) is 11.8. The number of carbonyl (C=O) groups is 2. The third-order valence-electron chi connectivity index (χ3n) is 1.83. The van der Waals surface area contributed by atoms with E-state index in [1.807, 2.05) is 6.92 Å². The molecule has 4 heteroatoms. The first-order valence-corrected chi connectivity index (χ1v) is 4.65. The molecule has 0 radical (unpaired) electrons. The number of hydrogen-bond donors (Lipinski definition) is 2. The molecule has 4 nitrogen and oxygen atoms in total. The van der Waals surface area contributed by atoms with Crippen LogP contribution in [0.25, 0.3) is 0 Å². The topological polar surface area (TPSA) is 66.4 Å². The molecule has 0 aliphatic carbocycles. The van der Waals surface area contributed by atoms with Crippen LogP contribution in [0.1, 0.15) is 26.2 Å². The van der Waals surface area contributed by atoms with E-state index >= 15 is 0 Å². The first kappa shape index (κ1) is 12.7. The zero-order chi connectivity index (χ0) is 11.0. The zero-order valence-corrected chi connectivity index (χ0v) is 8.45. The number of aliphatic carboxylic acids is 1. The Hall–Kier alpha value is -1.32. The van der Waals surface area contributed by atoms with E-state index in [1.54, 1.807) is 0 Å². The molecule has 80 valence electrons. The van der Waals surface area contributed by atoms with Gasteiger partial charge in [0.1, 0.15) is 0 Å². The van der Waals surface area contributed by atoms with Crippen molar-refractivity contribution in [2.45, 2.75) is 26.2 Å². The Morgan fingerprint density at radius 3 is 2.71 bits per heavy atom. The minimum absolute atomic E-state index is 0.0674. The maximum absolute atomic E-state index is 11.0. The van der Waals surface area contributed by atoms with Crippen molar-refractivity contribution >= 4 is 11.9 Å². The summed E-state index contributed by atoms with van der Waals surface area (Å²) in [4.78, 5) is 21.2. The third kappa shape index (κ3) is 7.34. The number of rotatable bonds is 7. The summed E-state index contributed by atoms with van der Waals surface area (Å²) >= 11 is 0. The van der Waals surface area contributed by atoms with Gasteiger partial charge in [-0.15, -0.1) is 6.58 Å². The Bertz CT molecular complexity index is 213. The maximum atomic E-state index is 11.0. The van der Waals surface area contributed by atoms with Crippen LogP contribution in [0.4, 0.5) is 0 Å². The minimum atomic E-state index is -0.797. The zero-order valence-electron chi connectivity index (χ0n) is 8.45. The Kier molecular flexibility index (Phi) is 6.45. The van der Waals surface area contributed by atoms with Crippen LogP contribution >= 0.6 is 0 Å². The van der Waals surface area contributed by atoms with Gasteiger partial charge >= 0.3 is 5.97 Å². The van der Waals surface area contributed by atoms with E-state index in [0.29, 0.717) is 19.4 Å². The van der Waals surface area contributed by atoms with Gasteiger partial charge in [0.05, 0.1) is 0 Å². The molecule has 0 heterocycles. The molecule has 0 saturated heterocycles. The first-order valence-electron chi connectivity index (χ1n) is 4.65. The highest BCUT2D eigenvalue weighted by molar-refractivity contribution is 5.77. The summed E-state index contributed by atoms with van der Waals surface area (Å²) in [6.07, 6.45) is 2.59. The highest BCUT2D eigenvalue weighted by atomic mass is 16.4. The van der Waals surface area contributed by atoms with Crippen LogP contribution in [-0.4, -0.2) is 23.5 Å². The number of carbonyl (C=O) groups excluding carboxylic acids is 1. The Labute approximate surface area is 84.0 Å². The first-order chi connectivity index (χ1) is 6.56. The quantitative estimate of drug-likeness (QED) is 0.605. The van der Waals surface area contributed by atoms with Crippen molar-refractivity contribution in [2.75, 3.05) is 6.54 Å². The summed E-state index contributed by atoms with van der Waals surface area (Å²) in [5.41, 5.74) is 0. The summed E-state index contributed by atoms with van der Waals surface area (Å²) in [5.74, 6) is -0.670. The summed E-state index contributed by atoms with van der Waals surface area (Å²) in [7, 11) is 0. The minimum Gasteiger partial charge on any atom is -0.481 e. The second kappa shape index (κ2) is 7.12. The highest BCUT2D eigenvalue weighted by Gasteiger charge is 2.06. The number of carboxylic acids is 1. The van der Waals surface area contributed by atoms with E-state index in [4.69, 9.17) is 5.11 Å². The van der Waals surface area contributed by atoms with Gasteiger partial charge in [0.15, 0.2) is 0 Å².